The standard InChI is InChI=1S/C14H18N4/c1-10(2)17-9-12-6-8-16-14(18-12)13-11(3)5-4-7-15-13/h4-8,10,17H,9H2,1-3H3. The van der Waals surface area contributed by atoms with E-state index in [1.54, 1.807) is 12.4 Å². The highest BCUT2D eigenvalue weighted by Gasteiger charge is 2.06. The molecule has 0 aromatic carbocycles. The van der Waals surface area contributed by atoms with Gasteiger partial charge in [-0.15, -0.1) is 0 Å². The van der Waals surface area contributed by atoms with Crippen LogP contribution >= 0.6 is 0 Å². The van der Waals surface area contributed by atoms with Gasteiger partial charge in [-0.2, -0.15) is 0 Å². The Morgan fingerprint density at radius 1 is 1.17 bits per heavy atom. The van der Waals surface area contributed by atoms with Crippen LogP contribution in [0.4, 0.5) is 0 Å². The van der Waals surface area contributed by atoms with Crippen molar-refractivity contribution in [2.45, 2.75) is 33.4 Å². The molecule has 2 heterocycles. The molecule has 0 amide bonds. The summed E-state index contributed by atoms with van der Waals surface area (Å²) in [5, 5.41) is 3.34. The second kappa shape index (κ2) is 5.69. The third-order valence-electron chi connectivity index (χ3n) is 2.63. The van der Waals surface area contributed by atoms with Crippen molar-refractivity contribution in [3.63, 3.8) is 0 Å². The molecule has 0 aliphatic rings. The van der Waals surface area contributed by atoms with Gasteiger partial charge in [0, 0.05) is 25.0 Å². The van der Waals surface area contributed by atoms with Crippen LogP contribution in [0.1, 0.15) is 25.1 Å². The van der Waals surface area contributed by atoms with Crippen molar-refractivity contribution in [1.82, 2.24) is 20.3 Å². The van der Waals surface area contributed by atoms with Crippen LogP contribution in [0, 0.1) is 6.92 Å². The van der Waals surface area contributed by atoms with E-state index in [0.717, 1.165) is 23.5 Å². The normalized spacial score (nSPS) is 10.9. The molecule has 0 atom stereocenters. The van der Waals surface area contributed by atoms with E-state index in [0.29, 0.717) is 11.9 Å². The summed E-state index contributed by atoms with van der Waals surface area (Å²) in [6.45, 7) is 7.00. The summed E-state index contributed by atoms with van der Waals surface area (Å²) in [5.41, 5.74) is 2.93. The molecule has 0 unspecified atom stereocenters. The highest BCUT2D eigenvalue weighted by molar-refractivity contribution is 5.53. The third-order valence-corrected chi connectivity index (χ3v) is 2.63. The monoisotopic (exact) mass is 242 g/mol. The first-order valence-electron chi connectivity index (χ1n) is 6.14. The Bertz CT molecular complexity index is 523. The van der Waals surface area contributed by atoms with E-state index < -0.39 is 0 Å². The minimum absolute atomic E-state index is 0.444. The molecule has 0 saturated carbocycles. The maximum Gasteiger partial charge on any atom is 0.178 e. The maximum absolute atomic E-state index is 4.54. The Labute approximate surface area is 108 Å². The summed E-state index contributed by atoms with van der Waals surface area (Å²) in [4.78, 5) is 13.2. The van der Waals surface area contributed by atoms with Crippen molar-refractivity contribution in [1.29, 1.82) is 0 Å². The number of nitrogens with one attached hydrogen (secondary N) is 1. The molecule has 0 bridgehead atoms. The van der Waals surface area contributed by atoms with E-state index >= 15 is 0 Å². The molecule has 0 aliphatic heterocycles. The number of aromatic nitrogens is 3. The Balaban J connectivity index is 2.25. The molecular weight excluding hydrogens is 224 g/mol. The van der Waals surface area contributed by atoms with Gasteiger partial charge in [0.15, 0.2) is 5.82 Å². The summed E-state index contributed by atoms with van der Waals surface area (Å²) in [5.74, 6) is 0.691. The quantitative estimate of drug-likeness (QED) is 0.894. The predicted octanol–water partition coefficient (Wildman–Crippen LogP) is 2.35. The average Bonchev–Trinajstić information content (AvgIpc) is 2.37. The molecule has 94 valence electrons. The zero-order valence-corrected chi connectivity index (χ0v) is 11.0. The number of pyridine rings is 1. The SMILES string of the molecule is Cc1cccnc1-c1nccc(CNC(C)C)n1. The predicted molar refractivity (Wildman–Crippen MR) is 72.0 cm³/mol. The number of nitrogens with zero attached hydrogens (tertiary/aromatic N) is 3. The Morgan fingerprint density at radius 3 is 2.72 bits per heavy atom. The summed E-state index contributed by atoms with van der Waals surface area (Å²) in [6.07, 6.45) is 3.55. The fourth-order valence-corrected chi connectivity index (χ4v) is 1.64. The van der Waals surface area contributed by atoms with Crippen molar-refractivity contribution < 1.29 is 0 Å². The first kappa shape index (κ1) is 12.6. The Morgan fingerprint density at radius 2 is 2.00 bits per heavy atom. The fraction of sp³-hybridized carbons (Fsp3) is 0.357. The molecule has 2 aromatic heterocycles. The van der Waals surface area contributed by atoms with Gasteiger partial charge in [-0.1, -0.05) is 19.9 Å². The highest BCUT2D eigenvalue weighted by Crippen LogP contribution is 2.15. The molecule has 0 saturated heterocycles. The van der Waals surface area contributed by atoms with Crippen LogP contribution < -0.4 is 5.32 Å². The molecule has 0 aliphatic carbocycles. The zero-order valence-electron chi connectivity index (χ0n) is 11.0. The zero-order chi connectivity index (χ0) is 13.0. The van der Waals surface area contributed by atoms with Crippen molar-refractivity contribution >= 4 is 0 Å². The molecule has 0 spiro atoms. The third kappa shape index (κ3) is 3.11. The van der Waals surface area contributed by atoms with Gasteiger partial charge in [0.2, 0.25) is 0 Å². The van der Waals surface area contributed by atoms with Crippen LogP contribution in [0.3, 0.4) is 0 Å². The minimum Gasteiger partial charge on any atom is -0.309 e. The summed E-state index contributed by atoms with van der Waals surface area (Å²) in [7, 11) is 0. The van der Waals surface area contributed by atoms with E-state index in [4.69, 9.17) is 0 Å². The lowest BCUT2D eigenvalue weighted by atomic mass is 10.2. The van der Waals surface area contributed by atoms with Crippen LogP contribution in [0.25, 0.3) is 11.5 Å². The molecule has 4 heteroatoms. The lowest BCUT2D eigenvalue weighted by Crippen LogP contribution is -2.22. The highest BCUT2D eigenvalue weighted by atomic mass is 15.0. The van der Waals surface area contributed by atoms with Gasteiger partial charge < -0.3 is 5.32 Å². The van der Waals surface area contributed by atoms with Crippen molar-refractivity contribution in [2.24, 2.45) is 0 Å². The fourth-order valence-electron chi connectivity index (χ4n) is 1.64. The van der Waals surface area contributed by atoms with E-state index in [2.05, 4.69) is 34.1 Å². The average molecular weight is 242 g/mol. The lowest BCUT2D eigenvalue weighted by Gasteiger charge is -2.08. The summed E-state index contributed by atoms with van der Waals surface area (Å²) >= 11 is 0. The van der Waals surface area contributed by atoms with Gasteiger partial charge in [0.1, 0.15) is 5.69 Å². The van der Waals surface area contributed by atoms with E-state index in [-0.39, 0.29) is 0 Å². The summed E-state index contributed by atoms with van der Waals surface area (Å²) < 4.78 is 0. The van der Waals surface area contributed by atoms with E-state index in [1.165, 1.54) is 0 Å². The second-order valence-electron chi connectivity index (χ2n) is 4.58. The molecule has 1 N–H and O–H groups in total. The number of aryl methyl sites for hydroxylation is 1. The topological polar surface area (TPSA) is 50.7 Å². The van der Waals surface area contributed by atoms with Gasteiger partial charge >= 0.3 is 0 Å². The molecule has 0 radical (unpaired) electrons. The van der Waals surface area contributed by atoms with Crippen molar-refractivity contribution in [3.05, 3.63) is 41.9 Å². The van der Waals surface area contributed by atoms with Crippen LogP contribution in [-0.2, 0) is 6.54 Å². The molecule has 18 heavy (non-hydrogen) atoms. The largest absolute Gasteiger partial charge is 0.309 e. The van der Waals surface area contributed by atoms with Crippen molar-refractivity contribution in [3.8, 4) is 11.5 Å². The smallest absolute Gasteiger partial charge is 0.178 e. The number of hydrogen-bond donors (Lipinski definition) is 1. The molecule has 2 rings (SSSR count). The molecule has 2 aromatic rings. The van der Waals surface area contributed by atoms with Gasteiger partial charge in [0.05, 0.1) is 5.69 Å². The van der Waals surface area contributed by atoms with Gasteiger partial charge in [-0.25, -0.2) is 9.97 Å². The maximum atomic E-state index is 4.54. The van der Waals surface area contributed by atoms with Gasteiger partial charge in [-0.3, -0.25) is 4.98 Å². The van der Waals surface area contributed by atoms with E-state index in [9.17, 15) is 0 Å². The number of hydrogen-bond acceptors (Lipinski definition) is 4. The van der Waals surface area contributed by atoms with Crippen LogP contribution in [-0.4, -0.2) is 21.0 Å². The van der Waals surface area contributed by atoms with Crippen LogP contribution in [0.5, 0.6) is 0 Å². The van der Waals surface area contributed by atoms with E-state index in [1.807, 2.05) is 25.1 Å². The van der Waals surface area contributed by atoms with Gasteiger partial charge in [0.25, 0.3) is 0 Å². The number of rotatable bonds is 4. The first-order chi connectivity index (χ1) is 8.66. The molecule has 0 fully saturated rings. The van der Waals surface area contributed by atoms with Crippen LogP contribution in [0.2, 0.25) is 0 Å². The minimum atomic E-state index is 0.444. The molecular formula is C14H18N4. The first-order valence-corrected chi connectivity index (χ1v) is 6.14. The van der Waals surface area contributed by atoms with Gasteiger partial charge in [-0.05, 0) is 24.6 Å². The Hall–Kier alpha value is -1.81. The lowest BCUT2D eigenvalue weighted by molar-refractivity contribution is 0.581. The Kier molecular flexibility index (Phi) is 3.99. The van der Waals surface area contributed by atoms with Crippen LogP contribution in [0.15, 0.2) is 30.6 Å². The molecule has 4 nitrogen and oxygen atoms in total. The van der Waals surface area contributed by atoms with Crippen molar-refractivity contribution in [2.75, 3.05) is 0 Å². The second-order valence-corrected chi connectivity index (χ2v) is 4.58. The summed E-state index contributed by atoms with van der Waals surface area (Å²) in [6, 6.07) is 6.31.